The smallest absolute Gasteiger partial charge is 0.140 e. The molecule has 1 fully saturated rings. The van der Waals surface area contributed by atoms with Gasteiger partial charge in [0.05, 0.1) is 0 Å². The van der Waals surface area contributed by atoms with Crippen molar-refractivity contribution in [2.45, 2.75) is 51.9 Å². The Morgan fingerprint density at radius 2 is 2.12 bits per heavy atom. The molecular formula is C14H23NO. The Labute approximate surface area is 99.0 Å². The van der Waals surface area contributed by atoms with Crippen LogP contribution >= 0.6 is 0 Å². The summed E-state index contributed by atoms with van der Waals surface area (Å²) in [4.78, 5) is 12.2. The molecule has 0 aliphatic heterocycles. The van der Waals surface area contributed by atoms with Gasteiger partial charge in [-0.15, -0.1) is 12.3 Å². The number of carbonyl (C=O) groups excluding carboxylic acids is 1. The highest BCUT2D eigenvalue weighted by molar-refractivity contribution is 5.85. The van der Waals surface area contributed by atoms with Gasteiger partial charge >= 0.3 is 0 Å². The van der Waals surface area contributed by atoms with E-state index in [1.165, 1.54) is 0 Å². The van der Waals surface area contributed by atoms with Crippen molar-refractivity contribution in [3.63, 3.8) is 0 Å². The van der Waals surface area contributed by atoms with E-state index < -0.39 is 0 Å². The third-order valence-corrected chi connectivity index (χ3v) is 3.94. The summed E-state index contributed by atoms with van der Waals surface area (Å²) in [6.07, 6.45) is 11.5. The second-order valence-electron chi connectivity index (χ2n) is 5.15. The predicted octanol–water partition coefficient (Wildman–Crippen LogP) is 2.51. The highest BCUT2D eigenvalue weighted by atomic mass is 16.1. The van der Waals surface area contributed by atoms with Crippen LogP contribution in [0.2, 0.25) is 0 Å². The lowest BCUT2D eigenvalue weighted by molar-refractivity contribution is -0.130. The number of ketones is 1. The number of nitrogens with two attached hydrogens (primary N) is 1. The Kier molecular flexibility index (Phi) is 5.02. The first-order valence-electron chi connectivity index (χ1n) is 6.31. The molecule has 1 aliphatic carbocycles. The Morgan fingerprint density at radius 1 is 1.50 bits per heavy atom. The quantitative estimate of drug-likeness (QED) is 0.572. The molecule has 0 aromatic heterocycles. The van der Waals surface area contributed by atoms with Crippen molar-refractivity contribution in [3.05, 3.63) is 0 Å². The van der Waals surface area contributed by atoms with Crippen molar-refractivity contribution < 1.29 is 4.79 Å². The summed E-state index contributed by atoms with van der Waals surface area (Å²) in [5.74, 6) is 3.67. The normalized spacial score (nSPS) is 29.7. The van der Waals surface area contributed by atoms with E-state index in [0.29, 0.717) is 25.2 Å². The maximum Gasteiger partial charge on any atom is 0.140 e. The zero-order chi connectivity index (χ0) is 12.0. The summed E-state index contributed by atoms with van der Waals surface area (Å²) in [6.45, 7) is 2.76. The average molecular weight is 221 g/mol. The summed E-state index contributed by atoms with van der Waals surface area (Å²) >= 11 is 0. The molecule has 0 heterocycles. The van der Waals surface area contributed by atoms with E-state index in [1.54, 1.807) is 0 Å². The lowest BCUT2D eigenvalue weighted by atomic mass is 9.67. The van der Waals surface area contributed by atoms with Crippen molar-refractivity contribution in [1.29, 1.82) is 0 Å². The topological polar surface area (TPSA) is 43.1 Å². The van der Waals surface area contributed by atoms with Crippen LogP contribution in [-0.4, -0.2) is 12.3 Å². The van der Waals surface area contributed by atoms with Gasteiger partial charge in [0.15, 0.2) is 0 Å². The van der Waals surface area contributed by atoms with E-state index >= 15 is 0 Å². The van der Waals surface area contributed by atoms with Gasteiger partial charge in [-0.05, 0) is 38.0 Å². The van der Waals surface area contributed by atoms with Crippen LogP contribution in [0.5, 0.6) is 0 Å². The molecule has 0 amide bonds. The van der Waals surface area contributed by atoms with Crippen LogP contribution in [-0.2, 0) is 4.79 Å². The molecule has 0 radical (unpaired) electrons. The minimum Gasteiger partial charge on any atom is -0.329 e. The largest absolute Gasteiger partial charge is 0.329 e. The highest BCUT2D eigenvalue weighted by Crippen LogP contribution is 2.39. The fourth-order valence-corrected chi connectivity index (χ4v) is 2.53. The second-order valence-corrected chi connectivity index (χ2v) is 5.15. The molecule has 0 saturated heterocycles. The first-order chi connectivity index (χ1) is 7.64. The monoisotopic (exact) mass is 221 g/mol. The lowest BCUT2D eigenvalue weighted by Gasteiger charge is -2.37. The zero-order valence-electron chi connectivity index (χ0n) is 10.3. The van der Waals surface area contributed by atoms with Crippen LogP contribution < -0.4 is 5.73 Å². The molecule has 90 valence electrons. The summed E-state index contributed by atoms with van der Waals surface area (Å²) < 4.78 is 0. The van der Waals surface area contributed by atoms with Gasteiger partial charge in [0.2, 0.25) is 0 Å². The molecule has 0 spiro atoms. The molecule has 16 heavy (non-hydrogen) atoms. The lowest BCUT2D eigenvalue weighted by Crippen LogP contribution is -2.41. The van der Waals surface area contributed by atoms with Crippen LogP contribution in [0.15, 0.2) is 0 Å². The summed E-state index contributed by atoms with van der Waals surface area (Å²) in [5, 5.41) is 0. The minimum atomic E-state index is -0.221. The van der Waals surface area contributed by atoms with E-state index in [0.717, 1.165) is 38.0 Å². The molecule has 2 heteroatoms. The van der Waals surface area contributed by atoms with Crippen LogP contribution in [0.4, 0.5) is 0 Å². The number of rotatable bonds is 5. The molecule has 0 bridgehead atoms. The third-order valence-electron chi connectivity index (χ3n) is 3.94. The first-order valence-corrected chi connectivity index (χ1v) is 6.31. The SMILES string of the molecule is C#CCCCC(=O)C1(CN)CCC(C)CC1. The zero-order valence-corrected chi connectivity index (χ0v) is 10.3. The van der Waals surface area contributed by atoms with Gasteiger partial charge in [-0.3, -0.25) is 4.79 Å². The van der Waals surface area contributed by atoms with Crippen molar-refractivity contribution in [3.8, 4) is 12.3 Å². The number of Topliss-reactive ketones (excluding diaryl/α,β-unsaturated/α-hetero) is 1. The highest BCUT2D eigenvalue weighted by Gasteiger charge is 2.38. The van der Waals surface area contributed by atoms with E-state index in [-0.39, 0.29) is 5.41 Å². The van der Waals surface area contributed by atoms with Crippen LogP contribution in [0.3, 0.4) is 0 Å². The number of carbonyl (C=O) groups is 1. The Balaban J connectivity index is 2.52. The predicted molar refractivity (Wildman–Crippen MR) is 66.8 cm³/mol. The van der Waals surface area contributed by atoms with Crippen molar-refractivity contribution in [2.24, 2.45) is 17.1 Å². The van der Waals surface area contributed by atoms with E-state index in [1.807, 2.05) is 0 Å². The van der Waals surface area contributed by atoms with Crippen molar-refractivity contribution >= 4 is 5.78 Å². The molecular weight excluding hydrogens is 198 g/mol. The van der Waals surface area contributed by atoms with E-state index in [9.17, 15) is 4.79 Å². The van der Waals surface area contributed by atoms with Gasteiger partial charge in [0, 0.05) is 24.8 Å². The molecule has 0 aromatic rings. The molecule has 0 atom stereocenters. The summed E-state index contributed by atoms with van der Waals surface area (Å²) in [5.41, 5.74) is 5.61. The average Bonchev–Trinajstić information content (AvgIpc) is 2.31. The van der Waals surface area contributed by atoms with Gasteiger partial charge in [-0.2, -0.15) is 0 Å². The molecule has 1 saturated carbocycles. The van der Waals surface area contributed by atoms with Crippen molar-refractivity contribution in [2.75, 3.05) is 6.54 Å². The van der Waals surface area contributed by atoms with Crippen molar-refractivity contribution in [1.82, 2.24) is 0 Å². The molecule has 0 unspecified atom stereocenters. The molecule has 1 aliphatic rings. The van der Waals surface area contributed by atoms with Gasteiger partial charge in [0.25, 0.3) is 0 Å². The molecule has 0 aromatic carbocycles. The Morgan fingerprint density at radius 3 is 2.62 bits per heavy atom. The number of hydrogen-bond acceptors (Lipinski definition) is 2. The van der Waals surface area contributed by atoms with Crippen LogP contribution in [0.1, 0.15) is 51.9 Å². The number of unbranched alkanes of at least 4 members (excludes halogenated alkanes) is 1. The van der Waals surface area contributed by atoms with Gasteiger partial charge in [0.1, 0.15) is 5.78 Å². The second kappa shape index (κ2) is 6.06. The van der Waals surface area contributed by atoms with Gasteiger partial charge in [-0.1, -0.05) is 6.92 Å². The summed E-state index contributed by atoms with van der Waals surface area (Å²) in [6, 6.07) is 0. The van der Waals surface area contributed by atoms with Crippen LogP contribution in [0.25, 0.3) is 0 Å². The van der Waals surface area contributed by atoms with Gasteiger partial charge < -0.3 is 5.73 Å². The number of terminal acetylenes is 1. The fraction of sp³-hybridized carbons (Fsp3) is 0.786. The fourth-order valence-electron chi connectivity index (χ4n) is 2.53. The first kappa shape index (κ1) is 13.3. The maximum atomic E-state index is 12.2. The van der Waals surface area contributed by atoms with Gasteiger partial charge in [-0.25, -0.2) is 0 Å². The van der Waals surface area contributed by atoms with E-state index in [4.69, 9.17) is 12.2 Å². The third kappa shape index (κ3) is 3.09. The summed E-state index contributed by atoms with van der Waals surface area (Å²) in [7, 11) is 0. The molecule has 2 nitrogen and oxygen atoms in total. The maximum absolute atomic E-state index is 12.2. The standard InChI is InChI=1S/C14H23NO/c1-3-4-5-6-13(16)14(11-15)9-7-12(2)8-10-14/h1,12H,4-11,15H2,2H3. The van der Waals surface area contributed by atoms with Crippen LogP contribution in [0, 0.1) is 23.7 Å². The van der Waals surface area contributed by atoms with E-state index in [2.05, 4.69) is 12.8 Å². The minimum absolute atomic E-state index is 0.221. The molecule has 2 N–H and O–H groups in total. The number of hydrogen-bond donors (Lipinski definition) is 1. The molecule has 1 rings (SSSR count). The Bertz CT molecular complexity index is 269. The Hall–Kier alpha value is -0.810.